The van der Waals surface area contributed by atoms with Crippen LogP contribution in [0.15, 0.2) is 22.8 Å². The quantitative estimate of drug-likeness (QED) is 0.881. The van der Waals surface area contributed by atoms with Gasteiger partial charge in [0.15, 0.2) is 0 Å². The first kappa shape index (κ1) is 10.0. The zero-order valence-electron chi connectivity index (χ0n) is 7.87. The predicted molar refractivity (Wildman–Crippen MR) is 59.5 cm³/mol. The van der Waals surface area contributed by atoms with Gasteiger partial charge in [-0.05, 0) is 28.1 Å². The van der Waals surface area contributed by atoms with Gasteiger partial charge in [0, 0.05) is 0 Å². The van der Waals surface area contributed by atoms with Crippen LogP contribution >= 0.6 is 15.9 Å². The molecule has 2 aromatic rings. The van der Waals surface area contributed by atoms with Gasteiger partial charge in [0.2, 0.25) is 0 Å². The van der Waals surface area contributed by atoms with E-state index in [1.807, 2.05) is 0 Å². The van der Waals surface area contributed by atoms with Gasteiger partial charge in [-0.1, -0.05) is 6.07 Å². The Morgan fingerprint density at radius 1 is 1.53 bits per heavy atom. The second kappa shape index (κ2) is 3.58. The second-order valence-electron chi connectivity index (χ2n) is 3.00. The summed E-state index contributed by atoms with van der Waals surface area (Å²) in [7, 11) is 1.52. The molecule has 1 heterocycles. The number of hydrogen-bond acceptors (Lipinski definition) is 2. The molecule has 0 aliphatic carbocycles. The molecule has 0 unspecified atom stereocenters. The van der Waals surface area contributed by atoms with Crippen molar-refractivity contribution in [3.05, 3.63) is 28.4 Å². The highest BCUT2D eigenvalue weighted by molar-refractivity contribution is 9.10. The van der Waals surface area contributed by atoms with E-state index in [0.717, 1.165) is 5.52 Å². The summed E-state index contributed by atoms with van der Waals surface area (Å²) in [6, 6.07) is 5.33. The minimum atomic E-state index is -0.988. The monoisotopic (exact) mass is 269 g/mol. The molecule has 0 fully saturated rings. The Labute approximate surface area is 94.0 Å². The van der Waals surface area contributed by atoms with E-state index < -0.39 is 5.97 Å². The molecule has 4 nitrogen and oxygen atoms in total. The molecule has 0 aliphatic heterocycles. The van der Waals surface area contributed by atoms with Crippen LogP contribution in [-0.4, -0.2) is 23.2 Å². The molecule has 0 saturated carbocycles. The molecule has 0 saturated heterocycles. The number of aromatic carboxylic acids is 1. The highest BCUT2D eigenvalue weighted by atomic mass is 79.9. The molecular formula is C10H8BrNO3. The molecule has 1 aromatic heterocycles. The van der Waals surface area contributed by atoms with E-state index in [4.69, 9.17) is 9.84 Å². The van der Waals surface area contributed by atoms with E-state index in [-0.39, 0.29) is 5.56 Å². The Morgan fingerprint density at radius 3 is 2.87 bits per heavy atom. The summed E-state index contributed by atoms with van der Waals surface area (Å²) < 4.78 is 5.58. The average Bonchev–Trinajstić information content (AvgIpc) is 2.53. The number of hydrogen-bond donors (Lipinski definition) is 2. The summed E-state index contributed by atoms with van der Waals surface area (Å²) >= 11 is 3.18. The zero-order valence-corrected chi connectivity index (χ0v) is 9.46. The van der Waals surface area contributed by atoms with Crippen molar-refractivity contribution in [1.82, 2.24) is 4.98 Å². The maximum absolute atomic E-state index is 11.1. The Bertz CT molecular complexity index is 533. The van der Waals surface area contributed by atoms with Crippen molar-refractivity contribution >= 4 is 32.8 Å². The Morgan fingerprint density at radius 2 is 2.27 bits per heavy atom. The number of carboxylic acid groups (broad SMARTS) is 1. The molecule has 1 aromatic carbocycles. The predicted octanol–water partition coefficient (Wildman–Crippen LogP) is 2.64. The van der Waals surface area contributed by atoms with E-state index in [9.17, 15) is 4.79 Å². The maximum atomic E-state index is 11.1. The summed E-state index contributed by atoms with van der Waals surface area (Å²) in [6.07, 6.45) is 0. The number of carboxylic acids is 1. The minimum Gasteiger partial charge on any atom is -0.496 e. The van der Waals surface area contributed by atoms with E-state index in [2.05, 4.69) is 20.9 Å². The van der Waals surface area contributed by atoms with Gasteiger partial charge < -0.3 is 14.8 Å². The molecule has 0 spiro atoms. The van der Waals surface area contributed by atoms with Gasteiger partial charge in [-0.3, -0.25) is 0 Å². The Kier molecular flexibility index (Phi) is 2.40. The first-order valence-corrected chi connectivity index (χ1v) is 5.02. The van der Waals surface area contributed by atoms with Crippen molar-refractivity contribution in [2.45, 2.75) is 0 Å². The van der Waals surface area contributed by atoms with Crippen LogP contribution in [0.1, 0.15) is 10.4 Å². The van der Waals surface area contributed by atoms with E-state index in [1.54, 1.807) is 18.2 Å². The topological polar surface area (TPSA) is 62.3 Å². The fourth-order valence-corrected chi connectivity index (χ4v) is 2.14. The number of aromatic nitrogens is 1. The van der Waals surface area contributed by atoms with Crippen molar-refractivity contribution in [3.8, 4) is 5.75 Å². The second-order valence-corrected chi connectivity index (χ2v) is 3.79. The molecule has 78 valence electrons. The van der Waals surface area contributed by atoms with E-state index >= 15 is 0 Å². The fourth-order valence-electron chi connectivity index (χ4n) is 1.55. The van der Waals surface area contributed by atoms with E-state index in [1.165, 1.54) is 7.11 Å². The fraction of sp³-hybridized carbons (Fsp3) is 0.100. The zero-order chi connectivity index (χ0) is 11.0. The van der Waals surface area contributed by atoms with Crippen LogP contribution in [0.2, 0.25) is 0 Å². The highest BCUT2D eigenvalue weighted by Gasteiger charge is 2.18. The maximum Gasteiger partial charge on any atom is 0.339 e. The van der Waals surface area contributed by atoms with E-state index in [0.29, 0.717) is 15.7 Å². The molecule has 0 amide bonds. The largest absolute Gasteiger partial charge is 0.496 e. The standard InChI is InChI=1S/C10H8BrNO3/c1-15-6-4-2-3-5-7(6)8(10(13)14)9(11)12-5/h2-4,12H,1H3,(H,13,14). The number of halogens is 1. The van der Waals surface area contributed by atoms with Gasteiger partial charge in [0.25, 0.3) is 0 Å². The summed E-state index contributed by atoms with van der Waals surface area (Å²) in [6.45, 7) is 0. The molecule has 0 radical (unpaired) electrons. The summed E-state index contributed by atoms with van der Waals surface area (Å²) in [5.41, 5.74) is 0.932. The number of carbonyl (C=O) groups is 1. The lowest BCUT2D eigenvalue weighted by molar-refractivity contribution is 0.0698. The first-order valence-electron chi connectivity index (χ1n) is 4.22. The molecule has 5 heteroatoms. The Hall–Kier alpha value is -1.49. The lowest BCUT2D eigenvalue weighted by Crippen LogP contribution is -1.96. The number of methoxy groups -OCH3 is 1. The average molecular weight is 270 g/mol. The lowest BCUT2D eigenvalue weighted by atomic mass is 10.1. The van der Waals surface area contributed by atoms with Gasteiger partial charge in [-0.2, -0.15) is 0 Å². The third kappa shape index (κ3) is 1.48. The van der Waals surface area contributed by atoms with Crippen LogP contribution in [0.4, 0.5) is 0 Å². The van der Waals surface area contributed by atoms with Gasteiger partial charge in [-0.15, -0.1) is 0 Å². The molecule has 0 aliphatic rings. The van der Waals surface area contributed by atoms with Gasteiger partial charge in [0.1, 0.15) is 11.3 Å². The number of aromatic amines is 1. The van der Waals surface area contributed by atoms with Crippen molar-refractivity contribution in [1.29, 1.82) is 0 Å². The number of benzene rings is 1. The number of nitrogens with one attached hydrogen (secondary N) is 1. The number of rotatable bonds is 2. The van der Waals surface area contributed by atoms with Crippen LogP contribution in [0.5, 0.6) is 5.75 Å². The normalized spacial score (nSPS) is 10.5. The third-order valence-corrected chi connectivity index (χ3v) is 2.77. The van der Waals surface area contributed by atoms with Gasteiger partial charge in [-0.25, -0.2) is 4.79 Å². The van der Waals surface area contributed by atoms with Crippen LogP contribution in [0.3, 0.4) is 0 Å². The van der Waals surface area contributed by atoms with Crippen LogP contribution in [0, 0.1) is 0 Å². The minimum absolute atomic E-state index is 0.197. The molecule has 2 N–H and O–H groups in total. The van der Waals surface area contributed by atoms with Crippen molar-refractivity contribution < 1.29 is 14.6 Å². The molecule has 15 heavy (non-hydrogen) atoms. The van der Waals surface area contributed by atoms with Crippen molar-refractivity contribution in [3.63, 3.8) is 0 Å². The summed E-state index contributed by atoms with van der Waals surface area (Å²) in [5.74, 6) is -0.440. The SMILES string of the molecule is COc1cccc2[nH]c(Br)c(C(=O)O)c12. The van der Waals surface area contributed by atoms with Crippen LogP contribution in [-0.2, 0) is 0 Å². The number of H-pyrrole nitrogens is 1. The molecule has 0 bridgehead atoms. The van der Waals surface area contributed by atoms with Gasteiger partial charge >= 0.3 is 5.97 Å². The van der Waals surface area contributed by atoms with Gasteiger partial charge in [0.05, 0.1) is 22.6 Å². The molecule has 2 rings (SSSR count). The smallest absolute Gasteiger partial charge is 0.339 e. The first-order chi connectivity index (χ1) is 7.15. The Balaban J connectivity index is 2.88. The number of ether oxygens (including phenoxy) is 1. The summed E-state index contributed by atoms with van der Waals surface area (Å²) in [5, 5.41) is 9.65. The summed E-state index contributed by atoms with van der Waals surface area (Å²) in [4.78, 5) is 14.0. The highest BCUT2D eigenvalue weighted by Crippen LogP contribution is 2.33. The van der Waals surface area contributed by atoms with Crippen molar-refractivity contribution in [2.75, 3.05) is 7.11 Å². The molecule has 0 atom stereocenters. The van der Waals surface area contributed by atoms with Crippen LogP contribution < -0.4 is 4.74 Å². The van der Waals surface area contributed by atoms with Crippen molar-refractivity contribution in [2.24, 2.45) is 0 Å². The van der Waals surface area contributed by atoms with Crippen LogP contribution in [0.25, 0.3) is 10.9 Å². The number of fused-ring (bicyclic) bond motifs is 1. The lowest BCUT2D eigenvalue weighted by Gasteiger charge is -2.01. The molecular weight excluding hydrogens is 262 g/mol. The third-order valence-electron chi connectivity index (χ3n) is 2.17.